The highest BCUT2D eigenvalue weighted by atomic mass is 31.3. The summed E-state index contributed by atoms with van der Waals surface area (Å²) in [5.74, 6) is 0. The van der Waals surface area contributed by atoms with E-state index in [1.807, 2.05) is 0 Å². The van der Waals surface area contributed by atoms with Gasteiger partial charge in [-0.25, -0.2) is 0 Å². The van der Waals surface area contributed by atoms with Gasteiger partial charge in [-0.05, 0) is 32.1 Å². The van der Waals surface area contributed by atoms with Gasteiger partial charge in [-0.2, -0.15) is 21.0 Å². The predicted molar refractivity (Wildman–Crippen MR) is 145 cm³/mol. The van der Waals surface area contributed by atoms with Crippen LogP contribution in [0.4, 0.5) is 29.4 Å². The van der Waals surface area contributed by atoms with Crippen LogP contribution in [-0.4, -0.2) is 33.0 Å². The summed E-state index contributed by atoms with van der Waals surface area (Å²) in [6, 6.07) is 0. The fourth-order valence-electron chi connectivity index (χ4n) is 2.21. The molecule has 0 saturated heterocycles. The van der Waals surface area contributed by atoms with Crippen molar-refractivity contribution in [1.29, 1.82) is 0 Å². The summed E-state index contributed by atoms with van der Waals surface area (Å²) in [5.41, 5.74) is 0. The van der Waals surface area contributed by atoms with Crippen molar-refractivity contribution in [2.24, 2.45) is 27.1 Å². The molecule has 11 nitrogen and oxygen atoms in total. The summed E-state index contributed by atoms with van der Waals surface area (Å²) in [4.78, 5) is 0. The summed E-state index contributed by atoms with van der Waals surface area (Å²) in [5, 5.41) is 0. The monoisotopic (exact) mass is 698 g/mol. The van der Waals surface area contributed by atoms with Crippen LogP contribution in [0.1, 0.15) is 66.7 Å². The zero-order valence-corrected chi connectivity index (χ0v) is 27.5. The summed E-state index contributed by atoms with van der Waals surface area (Å²) in [6.07, 6.45) is 0.380. The molecule has 39 heavy (non-hydrogen) atoms. The van der Waals surface area contributed by atoms with Gasteiger partial charge in [-0.15, -0.1) is 35.5 Å². The molecule has 0 radical (unpaired) electrons. The van der Waals surface area contributed by atoms with E-state index in [9.17, 15) is 8.39 Å². The van der Waals surface area contributed by atoms with E-state index in [0.717, 1.165) is 0 Å². The lowest BCUT2D eigenvalue weighted by Gasteiger charge is -2.21. The van der Waals surface area contributed by atoms with Gasteiger partial charge >= 0.3 is 46.5 Å². The lowest BCUT2D eigenvalue weighted by atomic mass is 10.5. The second-order valence-corrected chi connectivity index (χ2v) is 18.7. The Balaban J connectivity index is 4.39. The van der Waals surface area contributed by atoms with Gasteiger partial charge in [0.2, 0.25) is 0 Å². The van der Waals surface area contributed by atoms with Crippen molar-refractivity contribution in [1.82, 2.24) is 0 Å². The maximum atomic E-state index is 16.1. The molecule has 0 aromatic carbocycles. The van der Waals surface area contributed by atoms with Gasteiger partial charge in [0.25, 0.3) is 0 Å². The van der Waals surface area contributed by atoms with Crippen LogP contribution >= 0.6 is 46.5 Å². The number of halogens is 7. The maximum Gasteiger partial charge on any atom is 0.425 e. The molecule has 234 valence electrons. The Hall–Kier alpha value is 0.690. The largest absolute Gasteiger partial charge is 0.425 e. The lowest BCUT2D eigenvalue weighted by Crippen LogP contribution is -1.93. The Morgan fingerprint density at radius 2 is 0.564 bits per heavy atom. The van der Waals surface area contributed by atoms with Gasteiger partial charge in [-0.3, -0.25) is 0 Å². The molecular formula is C15H35F7N6O5P6. The first-order valence-corrected chi connectivity index (χ1v) is 21.0. The van der Waals surface area contributed by atoms with Crippen LogP contribution in [0.3, 0.4) is 0 Å². The zero-order valence-electron chi connectivity index (χ0n) is 22.1. The molecule has 0 amide bonds. The van der Waals surface area contributed by atoms with Crippen LogP contribution in [-0.2, 0) is 22.6 Å². The first kappa shape index (κ1) is 37.7. The minimum atomic E-state index is -6.47. The Kier molecular flexibility index (Phi) is 16.0. The molecule has 0 fully saturated rings. The molecule has 0 aliphatic carbocycles. The third-order valence-electron chi connectivity index (χ3n) is 3.62. The number of nitrogens with zero attached hydrogens (tertiary/aromatic N) is 6. The molecule has 0 N–H and O–H groups in total. The van der Waals surface area contributed by atoms with Crippen molar-refractivity contribution in [2.45, 2.75) is 66.7 Å². The van der Waals surface area contributed by atoms with Gasteiger partial charge in [0.15, 0.2) is 0 Å². The van der Waals surface area contributed by atoms with Crippen LogP contribution in [0.5, 0.6) is 0 Å². The van der Waals surface area contributed by atoms with E-state index in [4.69, 9.17) is 22.6 Å². The average Bonchev–Trinajstić information content (AvgIpc) is 2.80. The molecule has 0 spiro atoms. The molecule has 24 heteroatoms. The molecule has 0 bridgehead atoms. The normalized spacial score (nSPS) is 35.1. The zero-order chi connectivity index (χ0) is 29.8. The number of hydrogen-bond donors (Lipinski definition) is 0. The van der Waals surface area contributed by atoms with E-state index < -0.39 is 79.6 Å². The van der Waals surface area contributed by atoms with Crippen molar-refractivity contribution in [2.75, 3.05) is 33.0 Å². The summed E-state index contributed by atoms with van der Waals surface area (Å²) < 4.78 is 151. The van der Waals surface area contributed by atoms with Crippen molar-refractivity contribution in [3.63, 3.8) is 0 Å². The summed E-state index contributed by atoms with van der Waals surface area (Å²) in [7, 11) is -34.7. The van der Waals surface area contributed by atoms with Gasteiger partial charge < -0.3 is 22.6 Å². The Morgan fingerprint density at radius 3 is 0.795 bits per heavy atom. The molecule has 0 aromatic heterocycles. The fourth-order valence-corrected chi connectivity index (χ4v) is 15.6. The third-order valence-corrected chi connectivity index (χ3v) is 16.7. The van der Waals surface area contributed by atoms with Crippen molar-refractivity contribution in [3.05, 3.63) is 0 Å². The van der Waals surface area contributed by atoms with Crippen LogP contribution in [0, 0.1) is 0 Å². The third kappa shape index (κ3) is 13.7. The Morgan fingerprint density at radius 1 is 0.359 bits per heavy atom. The summed E-state index contributed by atoms with van der Waals surface area (Å²) in [6.45, 7) is 4.78. The topological polar surface area (TPSA) is 120 Å². The number of hydrogen-bond acceptors (Lipinski definition) is 11. The smallest absolute Gasteiger partial charge is 0.303 e. The van der Waals surface area contributed by atoms with E-state index in [2.05, 4.69) is 27.1 Å². The van der Waals surface area contributed by atoms with Crippen LogP contribution < -0.4 is 0 Å². The highest BCUT2D eigenvalue weighted by Gasteiger charge is 2.42. The number of rotatable bonds is 15. The standard InChI is InChI=1S/C15H35F7N6O5P6/c1-6-11-29-35(18)23-34(16,17)24-36(19,30-12-7-2)26-38(21,32-14-9-4)28-39(22,33-15-10-5)27-37(20,25-35)31-13-8-3/h6-15H2,1-5H3. The summed E-state index contributed by atoms with van der Waals surface area (Å²) >= 11 is 0. The molecule has 1 rings (SSSR count). The molecule has 0 aromatic rings. The molecule has 0 saturated carbocycles. The van der Waals surface area contributed by atoms with Crippen molar-refractivity contribution >= 4 is 46.5 Å². The van der Waals surface area contributed by atoms with E-state index in [1.54, 1.807) is 0 Å². The van der Waals surface area contributed by atoms with Crippen molar-refractivity contribution < 1.29 is 52.0 Å². The first-order valence-electron chi connectivity index (χ1n) is 12.0. The van der Waals surface area contributed by atoms with Gasteiger partial charge in [0, 0.05) is 0 Å². The second kappa shape index (κ2) is 16.5. The highest BCUT2D eigenvalue weighted by molar-refractivity contribution is 7.78. The average molecular weight is 698 g/mol. The molecule has 1 heterocycles. The van der Waals surface area contributed by atoms with E-state index in [1.165, 1.54) is 34.6 Å². The molecule has 5 unspecified atom stereocenters. The quantitative estimate of drug-likeness (QED) is 0.124. The minimum absolute atomic E-state index is 0.0517. The lowest BCUT2D eigenvalue weighted by molar-refractivity contribution is 0.308. The molecule has 1 aliphatic rings. The van der Waals surface area contributed by atoms with Crippen LogP contribution in [0.15, 0.2) is 27.1 Å². The van der Waals surface area contributed by atoms with Crippen LogP contribution in [0.25, 0.3) is 0 Å². The van der Waals surface area contributed by atoms with Gasteiger partial charge in [0.05, 0.1) is 33.0 Å². The molecule has 5 atom stereocenters. The molecule has 1 aliphatic heterocycles. The van der Waals surface area contributed by atoms with Gasteiger partial charge in [0.1, 0.15) is 0 Å². The first-order chi connectivity index (χ1) is 18.0. The Labute approximate surface area is 225 Å². The van der Waals surface area contributed by atoms with Gasteiger partial charge in [-0.1, -0.05) is 34.6 Å². The Bertz CT molecular complexity index is 1140. The van der Waals surface area contributed by atoms with Crippen LogP contribution in [0.2, 0.25) is 0 Å². The maximum absolute atomic E-state index is 16.1. The molecular weight excluding hydrogens is 663 g/mol. The predicted octanol–water partition coefficient (Wildman–Crippen LogP) is 13.6. The second-order valence-electron chi connectivity index (χ2n) is 7.52. The van der Waals surface area contributed by atoms with E-state index >= 15 is 21.0 Å². The van der Waals surface area contributed by atoms with E-state index in [0.29, 0.717) is 0 Å². The van der Waals surface area contributed by atoms with E-state index in [-0.39, 0.29) is 32.1 Å². The minimum Gasteiger partial charge on any atom is -0.303 e. The van der Waals surface area contributed by atoms with Crippen molar-refractivity contribution in [3.8, 4) is 0 Å². The fraction of sp³-hybridized carbons (Fsp3) is 1.00. The SMILES string of the molecule is CCCOP1(F)=NP(F)(F)=NP(F)(OCCC)=NP(F)(OCCC)=NP(F)(OCCC)=NP(F)(OCCC)=N1. The highest BCUT2D eigenvalue weighted by Crippen LogP contribution is 2.82.